The molecule has 1 aromatic rings. The van der Waals surface area contributed by atoms with Gasteiger partial charge in [0.05, 0.1) is 32.0 Å². The number of methoxy groups -OCH3 is 1. The lowest BCUT2D eigenvalue weighted by atomic mass is 10.1. The van der Waals surface area contributed by atoms with Crippen LogP contribution in [-0.4, -0.2) is 81.4 Å². The van der Waals surface area contributed by atoms with Gasteiger partial charge in [-0.25, -0.2) is 4.98 Å². The molecule has 8 nitrogen and oxygen atoms in total. The average Bonchev–Trinajstić information content (AvgIpc) is 3.52. The van der Waals surface area contributed by atoms with E-state index in [0.29, 0.717) is 38.0 Å². The Hall–Kier alpha value is -1.97. The molecule has 3 rings (SSSR count). The molecule has 0 radical (unpaired) electrons. The lowest BCUT2D eigenvalue weighted by molar-refractivity contribution is 0.0750. The topological polar surface area (TPSA) is 93.2 Å². The van der Waals surface area contributed by atoms with E-state index >= 15 is 0 Å². The van der Waals surface area contributed by atoms with Crippen LogP contribution in [0.4, 0.5) is 10.1 Å². The number of amides is 1. The van der Waals surface area contributed by atoms with Crippen molar-refractivity contribution in [3.8, 4) is 5.88 Å². The summed E-state index contributed by atoms with van der Waals surface area (Å²) in [4.78, 5) is 19.5. The van der Waals surface area contributed by atoms with Gasteiger partial charge in [0.25, 0.3) is 5.91 Å². The van der Waals surface area contributed by atoms with E-state index in [9.17, 15) is 14.3 Å². The number of rotatable bonds is 14. The molecule has 0 spiro atoms. The first kappa shape index (κ1) is 24.7. The number of anilines is 1. The molecular weight excluding hydrogens is 417 g/mol. The highest BCUT2D eigenvalue weighted by atomic mass is 19.1. The maximum atomic E-state index is 12.9. The summed E-state index contributed by atoms with van der Waals surface area (Å²) in [6.07, 6.45) is 1.47. The lowest BCUT2D eigenvalue weighted by Crippen LogP contribution is -2.52. The first-order chi connectivity index (χ1) is 15.5. The summed E-state index contributed by atoms with van der Waals surface area (Å²) < 4.78 is 29.1. The maximum Gasteiger partial charge on any atom is 0.270 e. The second-order valence-electron chi connectivity index (χ2n) is 8.97. The molecule has 1 amide bonds. The number of pyridine rings is 1. The quantitative estimate of drug-likeness (QED) is 0.417. The molecule has 32 heavy (non-hydrogen) atoms. The number of hydrogen-bond donors (Lipinski definition) is 2. The number of halogens is 1. The van der Waals surface area contributed by atoms with Crippen LogP contribution in [0.15, 0.2) is 12.1 Å². The van der Waals surface area contributed by atoms with Gasteiger partial charge in [0.15, 0.2) is 0 Å². The summed E-state index contributed by atoms with van der Waals surface area (Å²) in [5.41, 5.74) is 1.11. The molecule has 1 aliphatic carbocycles. The molecule has 9 heteroatoms. The second-order valence-corrected chi connectivity index (χ2v) is 8.97. The molecule has 2 heterocycles. The predicted molar refractivity (Wildman–Crippen MR) is 119 cm³/mol. The van der Waals surface area contributed by atoms with Crippen molar-refractivity contribution in [2.75, 3.05) is 58.2 Å². The summed E-state index contributed by atoms with van der Waals surface area (Å²) in [6, 6.07) is 3.36. The highest BCUT2D eigenvalue weighted by Gasteiger charge is 2.37. The first-order valence-corrected chi connectivity index (χ1v) is 11.4. The maximum absolute atomic E-state index is 12.9. The molecular formula is C23H36FN3O5. The Morgan fingerprint density at radius 1 is 1.34 bits per heavy atom. The number of hydrogen-bond acceptors (Lipinski definition) is 7. The Morgan fingerprint density at radius 2 is 2.12 bits per heavy atom. The van der Waals surface area contributed by atoms with Crippen LogP contribution in [0.3, 0.4) is 0 Å². The smallest absolute Gasteiger partial charge is 0.270 e. The van der Waals surface area contributed by atoms with Gasteiger partial charge < -0.3 is 29.5 Å². The Kier molecular flexibility index (Phi) is 9.07. The minimum Gasteiger partial charge on any atom is -0.476 e. The summed E-state index contributed by atoms with van der Waals surface area (Å²) in [5.74, 6) is 0.887. The fraction of sp³-hybridized carbons (Fsp3) is 0.739. The van der Waals surface area contributed by atoms with E-state index < -0.39 is 6.67 Å². The van der Waals surface area contributed by atoms with Crippen LogP contribution in [0.2, 0.25) is 0 Å². The molecule has 0 bridgehead atoms. The first-order valence-electron chi connectivity index (χ1n) is 11.4. The molecule has 2 N–H and O–H groups in total. The van der Waals surface area contributed by atoms with Crippen molar-refractivity contribution in [1.82, 2.24) is 10.3 Å². The van der Waals surface area contributed by atoms with Gasteiger partial charge in [0, 0.05) is 33.4 Å². The minimum absolute atomic E-state index is 0.150. The van der Waals surface area contributed by atoms with Crippen LogP contribution in [0.1, 0.15) is 37.2 Å². The lowest BCUT2D eigenvalue weighted by Gasteiger charge is -2.40. The summed E-state index contributed by atoms with van der Waals surface area (Å²) >= 11 is 0. The van der Waals surface area contributed by atoms with Crippen LogP contribution >= 0.6 is 0 Å². The zero-order chi connectivity index (χ0) is 23.1. The Morgan fingerprint density at radius 3 is 2.75 bits per heavy atom. The number of carbonyl (C=O) groups excluding carboxylic acids is 1. The molecule has 1 aliphatic heterocycles. The van der Waals surface area contributed by atoms with Crippen LogP contribution in [0, 0.1) is 17.8 Å². The van der Waals surface area contributed by atoms with Crippen molar-refractivity contribution in [2.24, 2.45) is 17.8 Å². The van der Waals surface area contributed by atoms with Crippen LogP contribution < -0.4 is 15.0 Å². The van der Waals surface area contributed by atoms with Gasteiger partial charge in [0.2, 0.25) is 5.88 Å². The molecule has 1 saturated heterocycles. The van der Waals surface area contributed by atoms with Gasteiger partial charge >= 0.3 is 0 Å². The molecule has 1 aromatic heterocycles. The molecule has 0 unspecified atom stereocenters. The predicted octanol–water partition coefficient (Wildman–Crippen LogP) is 2.05. The van der Waals surface area contributed by atoms with Crippen LogP contribution in [0.5, 0.6) is 5.88 Å². The van der Waals surface area contributed by atoms with E-state index in [4.69, 9.17) is 14.2 Å². The van der Waals surface area contributed by atoms with E-state index in [0.717, 1.165) is 25.2 Å². The Balaban J connectivity index is 1.66. The van der Waals surface area contributed by atoms with E-state index in [2.05, 4.69) is 15.2 Å². The third-order valence-corrected chi connectivity index (χ3v) is 6.17. The summed E-state index contributed by atoms with van der Waals surface area (Å²) in [7, 11) is 1.69. The fourth-order valence-corrected chi connectivity index (χ4v) is 3.62. The van der Waals surface area contributed by atoms with Gasteiger partial charge in [-0.1, -0.05) is 13.8 Å². The molecule has 3 atom stereocenters. The van der Waals surface area contributed by atoms with Crippen molar-refractivity contribution in [1.29, 1.82) is 0 Å². The Labute approximate surface area is 189 Å². The van der Waals surface area contributed by atoms with Crippen molar-refractivity contribution in [3.05, 3.63) is 17.8 Å². The van der Waals surface area contributed by atoms with Crippen LogP contribution in [0.25, 0.3) is 0 Å². The number of nitrogens with one attached hydrogen (secondary N) is 1. The largest absolute Gasteiger partial charge is 0.476 e. The molecule has 1 saturated carbocycles. The molecule has 2 fully saturated rings. The molecule has 180 valence electrons. The number of carbonyl (C=O) groups is 1. The minimum atomic E-state index is -0.417. The van der Waals surface area contributed by atoms with Crippen molar-refractivity contribution in [3.63, 3.8) is 0 Å². The monoisotopic (exact) mass is 453 g/mol. The van der Waals surface area contributed by atoms with Crippen molar-refractivity contribution in [2.45, 2.75) is 38.8 Å². The number of nitrogens with zero attached hydrogens (tertiary/aromatic N) is 2. The Bertz CT molecular complexity index is 744. The normalized spacial score (nSPS) is 21.4. The number of aliphatic hydroxyl groups excluding tert-OH is 1. The summed E-state index contributed by atoms with van der Waals surface area (Å²) in [5, 5.41) is 12.3. The third-order valence-electron chi connectivity index (χ3n) is 6.17. The highest BCUT2D eigenvalue weighted by Crippen LogP contribution is 2.39. The number of aromatic nitrogens is 1. The number of aliphatic hydroxyl groups is 1. The zero-order valence-corrected chi connectivity index (χ0v) is 19.3. The van der Waals surface area contributed by atoms with Gasteiger partial charge in [-0.15, -0.1) is 0 Å². The van der Waals surface area contributed by atoms with E-state index in [1.807, 2.05) is 19.9 Å². The SMILES string of the molecule is COC1CN(c2ccc(C(=O)N[C@H](COCCCF)C(C)C)nc2OC[C@H]2C[C@@H]2CO)C1. The van der Waals surface area contributed by atoms with E-state index in [-0.39, 0.29) is 42.2 Å². The number of ether oxygens (including phenoxy) is 3. The highest BCUT2D eigenvalue weighted by molar-refractivity contribution is 5.93. The summed E-state index contributed by atoms with van der Waals surface area (Å²) in [6.45, 7) is 6.35. The average molecular weight is 454 g/mol. The number of alkyl halides is 1. The van der Waals surface area contributed by atoms with Gasteiger partial charge in [-0.3, -0.25) is 9.18 Å². The zero-order valence-electron chi connectivity index (χ0n) is 19.3. The second kappa shape index (κ2) is 11.8. The molecule has 2 aliphatic rings. The van der Waals surface area contributed by atoms with Gasteiger partial charge in [-0.05, 0) is 42.7 Å². The van der Waals surface area contributed by atoms with Crippen molar-refractivity contribution < 1.29 is 28.5 Å². The fourth-order valence-electron chi connectivity index (χ4n) is 3.62. The van der Waals surface area contributed by atoms with Crippen LogP contribution in [-0.2, 0) is 9.47 Å². The third kappa shape index (κ3) is 6.52. The molecule has 0 aromatic carbocycles. The van der Waals surface area contributed by atoms with Crippen molar-refractivity contribution >= 4 is 11.6 Å². The van der Waals surface area contributed by atoms with E-state index in [1.165, 1.54) is 0 Å². The standard InChI is InChI=1S/C23H36FN3O5/c1-15(2)20(14-31-8-4-7-24)25-22(29)19-5-6-21(27-10-18(11-27)30-3)23(26-19)32-13-17-9-16(17)12-28/h5-6,15-18,20,28H,4,7-14H2,1-3H3,(H,25,29)/t16-,17-,20-/m1/s1. The van der Waals surface area contributed by atoms with Gasteiger partial charge in [-0.2, -0.15) is 0 Å². The van der Waals surface area contributed by atoms with Gasteiger partial charge in [0.1, 0.15) is 11.4 Å². The van der Waals surface area contributed by atoms with E-state index in [1.54, 1.807) is 13.2 Å².